The van der Waals surface area contributed by atoms with E-state index in [-0.39, 0.29) is 13.0 Å². The van der Waals surface area contributed by atoms with Crippen molar-refractivity contribution >= 4 is 5.97 Å². The maximum Gasteiger partial charge on any atom is 0.309 e. The SMILES string of the molecule is O=C(O)[C@H]1CCO[C@H]1C(F)F. The van der Waals surface area contributed by atoms with Crippen molar-refractivity contribution in [2.45, 2.75) is 19.0 Å². The van der Waals surface area contributed by atoms with Crippen LogP contribution in [-0.2, 0) is 9.53 Å². The molecule has 0 radical (unpaired) electrons. The highest BCUT2D eigenvalue weighted by molar-refractivity contribution is 5.71. The number of alkyl halides is 2. The fourth-order valence-electron chi connectivity index (χ4n) is 1.12. The Labute approximate surface area is 62.0 Å². The lowest BCUT2D eigenvalue weighted by atomic mass is 10.0. The summed E-state index contributed by atoms with van der Waals surface area (Å²) in [4.78, 5) is 10.3. The molecule has 0 aliphatic carbocycles. The van der Waals surface area contributed by atoms with Crippen LogP contribution < -0.4 is 0 Å². The number of carboxylic acid groups (broad SMARTS) is 1. The molecule has 0 amide bonds. The van der Waals surface area contributed by atoms with Gasteiger partial charge in [-0.15, -0.1) is 0 Å². The molecule has 0 spiro atoms. The van der Waals surface area contributed by atoms with Gasteiger partial charge in [-0.25, -0.2) is 8.78 Å². The molecule has 2 atom stereocenters. The molecular weight excluding hydrogens is 158 g/mol. The van der Waals surface area contributed by atoms with Gasteiger partial charge in [-0.2, -0.15) is 0 Å². The third-order valence-electron chi connectivity index (χ3n) is 1.70. The van der Waals surface area contributed by atoms with Crippen molar-refractivity contribution in [3.8, 4) is 0 Å². The summed E-state index contributed by atoms with van der Waals surface area (Å²) in [7, 11) is 0. The zero-order valence-corrected chi connectivity index (χ0v) is 5.67. The minimum absolute atomic E-state index is 0.117. The zero-order valence-electron chi connectivity index (χ0n) is 5.67. The number of ether oxygens (including phenoxy) is 1. The summed E-state index contributed by atoms with van der Waals surface area (Å²) in [5.41, 5.74) is 0. The molecular formula is C6H8F2O3. The van der Waals surface area contributed by atoms with Crippen molar-refractivity contribution in [3.63, 3.8) is 0 Å². The monoisotopic (exact) mass is 166 g/mol. The fraction of sp³-hybridized carbons (Fsp3) is 0.833. The second-order valence-electron chi connectivity index (χ2n) is 2.40. The van der Waals surface area contributed by atoms with Gasteiger partial charge in [-0.3, -0.25) is 4.79 Å². The summed E-state index contributed by atoms with van der Waals surface area (Å²) in [6, 6.07) is 0. The molecule has 1 rings (SSSR count). The predicted octanol–water partition coefficient (Wildman–Crippen LogP) is 0.741. The summed E-state index contributed by atoms with van der Waals surface area (Å²) in [6.45, 7) is 0.117. The molecule has 64 valence electrons. The van der Waals surface area contributed by atoms with Gasteiger partial charge in [0.15, 0.2) is 0 Å². The van der Waals surface area contributed by atoms with Gasteiger partial charge >= 0.3 is 5.97 Å². The Morgan fingerprint density at radius 1 is 1.64 bits per heavy atom. The van der Waals surface area contributed by atoms with Crippen molar-refractivity contribution in [1.29, 1.82) is 0 Å². The van der Waals surface area contributed by atoms with Crippen LogP contribution in [0.2, 0.25) is 0 Å². The first kappa shape index (κ1) is 8.39. The van der Waals surface area contributed by atoms with Gasteiger partial charge in [-0.05, 0) is 6.42 Å². The number of hydrogen-bond acceptors (Lipinski definition) is 2. The lowest BCUT2D eigenvalue weighted by molar-refractivity contribution is -0.147. The third kappa shape index (κ3) is 1.65. The highest BCUT2D eigenvalue weighted by Crippen LogP contribution is 2.25. The maximum atomic E-state index is 12.0. The van der Waals surface area contributed by atoms with Gasteiger partial charge < -0.3 is 9.84 Å². The van der Waals surface area contributed by atoms with Crippen LogP contribution in [0.4, 0.5) is 8.78 Å². The van der Waals surface area contributed by atoms with Gasteiger partial charge in [0.2, 0.25) is 0 Å². The smallest absolute Gasteiger partial charge is 0.309 e. The highest BCUT2D eigenvalue weighted by Gasteiger charge is 2.39. The van der Waals surface area contributed by atoms with Crippen molar-refractivity contribution in [1.82, 2.24) is 0 Å². The van der Waals surface area contributed by atoms with Crippen LogP contribution in [-0.4, -0.2) is 30.2 Å². The Bertz CT molecular complexity index is 160. The predicted molar refractivity (Wildman–Crippen MR) is 31.5 cm³/mol. The Kier molecular flexibility index (Phi) is 2.38. The van der Waals surface area contributed by atoms with Crippen LogP contribution in [0.3, 0.4) is 0 Å². The van der Waals surface area contributed by atoms with E-state index in [1.54, 1.807) is 0 Å². The average molecular weight is 166 g/mol. The minimum Gasteiger partial charge on any atom is -0.481 e. The second kappa shape index (κ2) is 3.13. The Morgan fingerprint density at radius 2 is 2.27 bits per heavy atom. The van der Waals surface area contributed by atoms with Gasteiger partial charge in [0.1, 0.15) is 6.10 Å². The van der Waals surface area contributed by atoms with E-state index in [9.17, 15) is 13.6 Å². The first-order valence-corrected chi connectivity index (χ1v) is 3.25. The fourth-order valence-corrected chi connectivity index (χ4v) is 1.12. The van der Waals surface area contributed by atoms with E-state index in [1.807, 2.05) is 0 Å². The van der Waals surface area contributed by atoms with E-state index in [0.29, 0.717) is 0 Å². The summed E-state index contributed by atoms with van der Waals surface area (Å²) >= 11 is 0. The van der Waals surface area contributed by atoms with Crippen molar-refractivity contribution in [2.24, 2.45) is 5.92 Å². The number of hydrogen-bond donors (Lipinski definition) is 1. The normalized spacial score (nSPS) is 31.2. The number of halogens is 2. The number of rotatable bonds is 2. The molecule has 5 heteroatoms. The lowest BCUT2D eigenvalue weighted by Gasteiger charge is -2.12. The van der Waals surface area contributed by atoms with Gasteiger partial charge in [0.05, 0.1) is 5.92 Å². The van der Waals surface area contributed by atoms with E-state index < -0.39 is 24.4 Å². The van der Waals surface area contributed by atoms with E-state index in [1.165, 1.54) is 0 Å². The molecule has 1 N–H and O–H groups in total. The lowest BCUT2D eigenvalue weighted by Crippen LogP contribution is -2.30. The van der Waals surface area contributed by atoms with Crippen molar-refractivity contribution in [3.05, 3.63) is 0 Å². The maximum absolute atomic E-state index is 12.0. The Morgan fingerprint density at radius 3 is 2.64 bits per heavy atom. The molecule has 1 fully saturated rings. The summed E-state index contributed by atoms with van der Waals surface area (Å²) in [6.07, 6.45) is -3.92. The summed E-state index contributed by atoms with van der Waals surface area (Å²) in [5, 5.41) is 8.42. The third-order valence-corrected chi connectivity index (χ3v) is 1.70. The van der Waals surface area contributed by atoms with Crippen molar-refractivity contribution in [2.75, 3.05) is 6.61 Å². The van der Waals surface area contributed by atoms with Crippen LogP contribution in [0, 0.1) is 5.92 Å². The van der Waals surface area contributed by atoms with Crippen molar-refractivity contribution < 1.29 is 23.4 Å². The second-order valence-corrected chi connectivity index (χ2v) is 2.40. The van der Waals surface area contributed by atoms with Gasteiger partial charge in [-0.1, -0.05) is 0 Å². The van der Waals surface area contributed by atoms with E-state index >= 15 is 0 Å². The molecule has 11 heavy (non-hydrogen) atoms. The topological polar surface area (TPSA) is 46.5 Å². The first-order chi connectivity index (χ1) is 5.13. The highest BCUT2D eigenvalue weighted by atomic mass is 19.3. The molecule has 1 heterocycles. The molecule has 0 bridgehead atoms. The van der Waals surface area contributed by atoms with Crippen LogP contribution >= 0.6 is 0 Å². The van der Waals surface area contributed by atoms with Gasteiger partial charge in [0.25, 0.3) is 6.43 Å². The number of aliphatic carboxylic acids is 1. The van der Waals surface area contributed by atoms with E-state index in [0.717, 1.165) is 0 Å². The quantitative estimate of drug-likeness (QED) is 0.658. The molecule has 0 saturated carbocycles. The Balaban J connectivity index is 2.58. The van der Waals surface area contributed by atoms with Gasteiger partial charge in [0, 0.05) is 6.61 Å². The van der Waals surface area contributed by atoms with E-state index in [4.69, 9.17) is 5.11 Å². The standard InChI is InChI=1S/C6H8F2O3/c7-5(8)4-3(6(9)10)1-2-11-4/h3-5H,1-2H2,(H,9,10)/t3-,4+/m0/s1. The van der Waals surface area contributed by atoms with Crippen LogP contribution in [0.15, 0.2) is 0 Å². The average Bonchev–Trinajstić information content (AvgIpc) is 2.32. The molecule has 1 aliphatic rings. The van der Waals surface area contributed by atoms with Crippen LogP contribution in [0.1, 0.15) is 6.42 Å². The van der Waals surface area contributed by atoms with E-state index in [2.05, 4.69) is 4.74 Å². The van der Waals surface area contributed by atoms with Crippen LogP contribution in [0.5, 0.6) is 0 Å². The molecule has 0 aromatic carbocycles. The minimum atomic E-state index is -2.70. The molecule has 0 unspecified atom stereocenters. The molecule has 1 aliphatic heterocycles. The number of carboxylic acids is 1. The molecule has 0 aromatic rings. The number of carbonyl (C=O) groups is 1. The summed E-state index contributed by atoms with van der Waals surface area (Å²) in [5.74, 6) is -2.23. The molecule has 0 aromatic heterocycles. The largest absolute Gasteiger partial charge is 0.481 e. The Hall–Kier alpha value is -0.710. The first-order valence-electron chi connectivity index (χ1n) is 3.25. The van der Waals surface area contributed by atoms with Crippen LogP contribution in [0.25, 0.3) is 0 Å². The zero-order chi connectivity index (χ0) is 8.43. The molecule has 1 saturated heterocycles. The molecule has 3 nitrogen and oxygen atoms in total. The summed E-state index contributed by atoms with van der Waals surface area (Å²) < 4.78 is 28.5.